The fraction of sp³-hybridized carbons (Fsp3) is 0.167. The number of halogens is 2. The number of hydrogen-bond donors (Lipinski definition) is 1. The Hall–Kier alpha value is -1.05. The fourth-order valence-electron chi connectivity index (χ4n) is 1.37. The standard InChI is InChI=1S/C12H10BrFN2OS2/c1-2-9-8(13)5-10(19-9)12(17)16-15-6-7-3-4-11(14)18-7/h3-6H,2H2,1H3,(H,16,17). The number of nitrogens with one attached hydrogen (secondary N) is 1. The Morgan fingerprint density at radius 3 is 2.89 bits per heavy atom. The topological polar surface area (TPSA) is 41.5 Å². The van der Waals surface area contributed by atoms with Gasteiger partial charge in [-0.05, 0) is 40.5 Å². The molecule has 0 aromatic carbocycles. The Bertz CT molecular complexity index is 621. The van der Waals surface area contributed by atoms with E-state index in [1.807, 2.05) is 6.92 Å². The SMILES string of the molecule is CCc1sc(C(=O)NN=Cc2ccc(F)s2)cc1Br. The van der Waals surface area contributed by atoms with Crippen molar-refractivity contribution in [3.8, 4) is 0 Å². The van der Waals surface area contributed by atoms with E-state index in [-0.39, 0.29) is 11.0 Å². The normalized spacial score (nSPS) is 11.1. The molecule has 19 heavy (non-hydrogen) atoms. The molecule has 100 valence electrons. The Labute approximate surface area is 126 Å². The predicted molar refractivity (Wildman–Crippen MR) is 80.7 cm³/mol. The number of hydrazone groups is 1. The Kier molecular flexibility index (Phi) is 4.84. The highest BCUT2D eigenvalue weighted by Crippen LogP contribution is 2.27. The van der Waals surface area contributed by atoms with Gasteiger partial charge in [-0.1, -0.05) is 6.92 Å². The van der Waals surface area contributed by atoms with E-state index >= 15 is 0 Å². The second-order valence-corrected chi connectivity index (χ2v) is 6.63. The van der Waals surface area contributed by atoms with Crippen LogP contribution in [-0.2, 0) is 6.42 Å². The number of thiophene rings is 2. The smallest absolute Gasteiger partial charge is 0.266 e. The van der Waals surface area contributed by atoms with Gasteiger partial charge in [0.15, 0.2) is 5.13 Å². The molecular weight excluding hydrogens is 351 g/mol. The van der Waals surface area contributed by atoms with Gasteiger partial charge in [-0.2, -0.15) is 9.49 Å². The zero-order chi connectivity index (χ0) is 13.8. The summed E-state index contributed by atoms with van der Waals surface area (Å²) in [5, 5.41) is 3.53. The molecule has 2 aromatic heterocycles. The van der Waals surface area contributed by atoms with E-state index in [4.69, 9.17) is 0 Å². The van der Waals surface area contributed by atoms with E-state index in [0.717, 1.165) is 27.1 Å². The van der Waals surface area contributed by atoms with Crippen LogP contribution in [0.1, 0.15) is 26.3 Å². The summed E-state index contributed by atoms with van der Waals surface area (Å²) in [4.78, 5) is 14.2. The molecular formula is C12H10BrFN2OS2. The molecule has 7 heteroatoms. The molecule has 3 nitrogen and oxygen atoms in total. The molecule has 1 N–H and O–H groups in total. The summed E-state index contributed by atoms with van der Waals surface area (Å²) in [7, 11) is 0. The van der Waals surface area contributed by atoms with E-state index < -0.39 is 0 Å². The molecule has 0 saturated heterocycles. The summed E-state index contributed by atoms with van der Waals surface area (Å²) in [5.74, 6) is -0.265. The van der Waals surface area contributed by atoms with Gasteiger partial charge in [-0.15, -0.1) is 22.7 Å². The van der Waals surface area contributed by atoms with Crippen LogP contribution in [-0.4, -0.2) is 12.1 Å². The monoisotopic (exact) mass is 360 g/mol. The molecule has 0 radical (unpaired) electrons. The predicted octanol–water partition coefficient (Wildman–Crippen LogP) is 4.04. The molecule has 2 rings (SSSR count). The molecule has 0 atom stereocenters. The number of carbonyl (C=O) groups is 1. The number of carbonyl (C=O) groups excluding carboxylic acids is 1. The minimum Gasteiger partial charge on any atom is -0.266 e. The number of hydrogen-bond acceptors (Lipinski definition) is 4. The van der Waals surface area contributed by atoms with Crippen molar-refractivity contribution < 1.29 is 9.18 Å². The van der Waals surface area contributed by atoms with Gasteiger partial charge in [-0.25, -0.2) is 5.43 Å². The van der Waals surface area contributed by atoms with Crippen molar-refractivity contribution >= 4 is 50.7 Å². The molecule has 2 aromatic rings. The van der Waals surface area contributed by atoms with Crippen LogP contribution in [0.25, 0.3) is 0 Å². The average Bonchev–Trinajstić information content (AvgIpc) is 2.95. The molecule has 2 heterocycles. The van der Waals surface area contributed by atoms with Crippen LogP contribution in [0.2, 0.25) is 0 Å². The van der Waals surface area contributed by atoms with E-state index in [1.54, 1.807) is 12.1 Å². The quantitative estimate of drug-likeness (QED) is 0.648. The summed E-state index contributed by atoms with van der Waals surface area (Å²) < 4.78 is 13.7. The maximum absolute atomic E-state index is 12.7. The van der Waals surface area contributed by atoms with Crippen molar-refractivity contribution in [2.24, 2.45) is 5.10 Å². The van der Waals surface area contributed by atoms with Gasteiger partial charge in [-0.3, -0.25) is 4.79 Å². The lowest BCUT2D eigenvalue weighted by molar-refractivity contribution is 0.0959. The highest BCUT2D eigenvalue weighted by molar-refractivity contribution is 9.10. The van der Waals surface area contributed by atoms with Crippen LogP contribution < -0.4 is 5.43 Å². The third-order valence-electron chi connectivity index (χ3n) is 2.25. The van der Waals surface area contributed by atoms with Gasteiger partial charge in [0.05, 0.1) is 16.0 Å². The van der Waals surface area contributed by atoms with E-state index in [2.05, 4.69) is 26.5 Å². The number of rotatable bonds is 4. The molecule has 0 aliphatic rings. The summed E-state index contributed by atoms with van der Waals surface area (Å²) in [6.07, 6.45) is 2.30. The molecule has 0 fully saturated rings. The lowest BCUT2D eigenvalue weighted by atomic mass is 10.3. The highest BCUT2D eigenvalue weighted by atomic mass is 79.9. The molecule has 1 amide bonds. The molecule has 0 unspecified atom stereocenters. The summed E-state index contributed by atoms with van der Waals surface area (Å²) in [6, 6.07) is 4.74. The van der Waals surface area contributed by atoms with E-state index in [9.17, 15) is 9.18 Å². The van der Waals surface area contributed by atoms with Crippen LogP contribution in [0.3, 0.4) is 0 Å². The lowest BCUT2D eigenvalue weighted by Crippen LogP contribution is -2.15. The van der Waals surface area contributed by atoms with Crippen LogP contribution in [0.15, 0.2) is 27.8 Å². The fourth-order valence-corrected chi connectivity index (χ4v) is 3.75. The number of amides is 1. The first-order chi connectivity index (χ1) is 9.10. The van der Waals surface area contributed by atoms with Crippen LogP contribution in [0.5, 0.6) is 0 Å². The summed E-state index contributed by atoms with van der Waals surface area (Å²) in [6.45, 7) is 2.03. The summed E-state index contributed by atoms with van der Waals surface area (Å²) >= 11 is 5.81. The Morgan fingerprint density at radius 2 is 2.32 bits per heavy atom. The second kappa shape index (κ2) is 6.40. The van der Waals surface area contributed by atoms with E-state index in [1.165, 1.54) is 23.6 Å². The Morgan fingerprint density at radius 1 is 1.53 bits per heavy atom. The van der Waals surface area contributed by atoms with Gasteiger partial charge in [0, 0.05) is 9.35 Å². The van der Waals surface area contributed by atoms with Gasteiger partial charge < -0.3 is 0 Å². The minimum atomic E-state index is -0.275. The zero-order valence-corrected chi connectivity index (χ0v) is 13.2. The third-order valence-corrected chi connectivity index (χ3v) is 5.31. The van der Waals surface area contributed by atoms with Gasteiger partial charge >= 0.3 is 0 Å². The molecule has 0 aliphatic heterocycles. The van der Waals surface area contributed by atoms with Crippen molar-refractivity contribution in [1.82, 2.24) is 5.43 Å². The van der Waals surface area contributed by atoms with Crippen LogP contribution in [0.4, 0.5) is 4.39 Å². The second-order valence-electron chi connectivity index (χ2n) is 3.58. The zero-order valence-electron chi connectivity index (χ0n) is 9.94. The first kappa shape index (κ1) is 14.4. The molecule has 0 spiro atoms. The largest absolute Gasteiger partial charge is 0.281 e. The maximum Gasteiger partial charge on any atom is 0.281 e. The summed E-state index contributed by atoms with van der Waals surface area (Å²) in [5.41, 5.74) is 2.43. The first-order valence-electron chi connectivity index (χ1n) is 5.47. The van der Waals surface area contributed by atoms with E-state index in [0.29, 0.717) is 9.75 Å². The lowest BCUT2D eigenvalue weighted by Gasteiger charge is -1.94. The van der Waals surface area contributed by atoms with Crippen molar-refractivity contribution in [1.29, 1.82) is 0 Å². The van der Waals surface area contributed by atoms with Crippen molar-refractivity contribution in [2.75, 3.05) is 0 Å². The Balaban J connectivity index is 1.99. The number of nitrogens with zero attached hydrogens (tertiary/aromatic N) is 1. The average molecular weight is 361 g/mol. The van der Waals surface area contributed by atoms with Crippen molar-refractivity contribution in [3.05, 3.63) is 42.4 Å². The number of aryl methyl sites for hydroxylation is 1. The minimum absolute atomic E-state index is 0.265. The van der Waals surface area contributed by atoms with Crippen LogP contribution in [0, 0.1) is 5.13 Å². The molecule has 0 aliphatic carbocycles. The molecule has 0 bridgehead atoms. The van der Waals surface area contributed by atoms with Gasteiger partial charge in [0.2, 0.25) is 0 Å². The third kappa shape index (κ3) is 3.71. The highest BCUT2D eigenvalue weighted by Gasteiger charge is 2.11. The maximum atomic E-state index is 12.7. The first-order valence-corrected chi connectivity index (χ1v) is 7.89. The van der Waals surface area contributed by atoms with Crippen molar-refractivity contribution in [3.63, 3.8) is 0 Å². The van der Waals surface area contributed by atoms with Gasteiger partial charge in [0.25, 0.3) is 5.91 Å². The van der Waals surface area contributed by atoms with Crippen LogP contribution >= 0.6 is 38.6 Å². The van der Waals surface area contributed by atoms with Crippen molar-refractivity contribution in [2.45, 2.75) is 13.3 Å². The molecule has 0 saturated carbocycles. The van der Waals surface area contributed by atoms with Gasteiger partial charge in [0.1, 0.15) is 0 Å².